The van der Waals surface area contributed by atoms with E-state index in [4.69, 9.17) is 19.6 Å². The van der Waals surface area contributed by atoms with Crippen molar-refractivity contribution in [1.82, 2.24) is 0 Å². The Hall–Kier alpha value is -3.09. The zero-order chi connectivity index (χ0) is 20.4. The van der Waals surface area contributed by atoms with E-state index in [9.17, 15) is 0 Å². The summed E-state index contributed by atoms with van der Waals surface area (Å²) in [5.74, 6) is 2.45. The lowest BCUT2D eigenvalue weighted by atomic mass is 10.1. The minimum absolute atomic E-state index is 0.750. The molecule has 0 saturated heterocycles. The summed E-state index contributed by atoms with van der Waals surface area (Å²) < 4.78 is 19.4. The number of aromatic nitrogens is 1. The zero-order valence-corrected chi connectivity index (χ0v) is 17.5. The van der Waals surface area contributed by atoms with Crippen LogP contribution in [0.5, 0.6) is 11.5 Å². The number of furan rings is 1. The van der Waals surface area contributed by atoms with Gasteiger partial charge in [-0.3, -0.25) is 0 Å². The third-order valence-corrected chi connectivity index (χ3v) is 5.60. The molecule has 6 heteroatoms. The van der Waals surface area contributed by atoms with Gasteiger partial charge in [-0.2, -0.15) is 4.57 Å². The Morgan fingerprint density at radius 2 is 1.97 bits per heavy atom. The number of fused-ring (bicyclic) bond motifs is 4. The van der Waals surface area contributed by atoms with Crippen LogP contribution in [0.4, 0.5) is 0 Å². The van der Waals surface area contributed by atoms with Crippen LogP contribution in [0.1, 0.15) is 17.5 Å². The van der Waals surface area contributed by atoms with Crippen molar-refractivity contribution in [2.24, 2.45) is 12.8 Å². The summed E-state index contributed by atoms with van der Waals surface area (Å²) in [6.45, 7) is 2.65. The Kier molecular flexibility index (Phi) is 5.38. The van der Waals surface area contributed by atoms with E-state index in [1.54, 1.807) is 18.4 Å². The van der Waals surface area contributed by atoms with Crippen molar-refractivity contribution >= 4 is 44.9 Å². The first-order chi connectivity index (χ1) is 14.1. The fourth-order valence-electron chi connectivity index (χ4n) is 3.21. The molecule has 2 aromatic carbocycles. The number of nitrogens with zero attached hydrogens (tertiary/aromatic N) is 1. The Balaban J connectivity index is 0.000000645. The maximum absolute atomic E-state index is 6.03. The van der Waals surface area contributed by atoms with Crippen molar-refractivity contribution in [3.63, 3.8) is 0 Å². The SMILES string of the molecule is CCN.COc1ccc2c(c1)C=C/C(=C\c1sc3oc4ccccc4c3[n+]1C)O2. The third-order valence-electron chi connectivity index (χ3n) is 4.54. The molecule has 0 spiro atoms. The molecule has 0 amide bonds. The predicted molar refractivity (Wildman–Crippen MR) is 118 cm³/mol. The van der Waals surface area contributed by atoms with Crippen molar-refractivity contribution in [3.8, 4) is 11.5 Å². The Bertz CT molecular complexity index is 1230. The van der Waals surface area contributed by atoms with Crippen LogP contribution in [-0.4, -0.2) is 13.7 Å². The highest BCUT2D eigenvalue weighted by molar-refractivity contribution is 7.18. The lowest BCUT2D eigenvalue weighted by Crippen LogP contribution is -2.29. The minimum atomic E-state index is 0.750. The molecule has 4 aromatic rings. The second-order valence-corrected chi connectivity index (χ2v) is 7.52. The highest BCUT2D eigenvalue weighted by atomic mass is 32.1. The van der Waals surface area contributed by atoms with Crippen LogP contribution < -0.4 is 19.8 Å². The van der Waals surface area contributed by atoms with E-state index in [0.717, 1.165) is 55.8 Å². The van der Waals surface area contributed by atoms with Crippen LogP contribution in [-0.2, 0) is 7.05 Å². The van der Waals surface area contributed by atoms with Crippen LogP contribution in [0.2, 0.25) is 0 Å². The number of aryl methyl sites for hydroxylation is 1. The van der Waals surface area contributed by atoms with Gasteiger partial charge in [0.15, 0.2) is 0 Å². The van der Waals surface area contributed by atoms with Gasteiger partial charge in [-0.25, -0.2) is 0 Å². The molecule has 0 bridgehead atoms. The van der Waals surface area contributed by atoms with Gasteiger partial charge in [0, 0.05) is 5.56 Å². The molecule has 5 rings (SSSR count). The van der Waals surface area contributed by atoms with E-state index >= 15 is 0 Å². The van der Waals surface area contributed by atoms with Crippen molar-refractivity contribution in [2.75, 3.05) is 13.7 Å². The summed E-state index contributed by atoms with van der Waals surface area (Å²) in [6, 6.07) is 13.9. The van der Waals surface area contributed by atoms with Crippen molar-refractivity contribution in [3.05, 3.63) is 64.9 Å². The molecule has 148 valence electrons. The van der Waals surface area contributed by atoms with E-state index in [2.05, 4.69) is 17.7 Å². The van der Waals surface area contributed by atoms with E-state index < -0.39 is 0 Å². The predicted octanol–water partition coefficient (Wildman–Crippen LogP) is 4.89. The number of methoxy groups -OCH3 is 1. The first-order valence-electron chi connectivity index (χ1n) is 9.40. The lowest BCUT2D eigenvalue weighted by Gasteiger charge is -2.14. The second-order valence-electron chi connectivity index (χ2n) is 6.53. The van der Waals surface area contributed by atoms with Crippen molar-refractivity contribution in [1.29, 1.82) is 0 Å². The number of para-hydroxylation sites is 1. The molecule has 0 aliphatic carbocycles. The van der Waals surface area contributed by atoms with Gasteiger partial charge in [0.05, 0.1) is 18.6 Å². The van der Waals surface area contributed by atoms with Crippen LogP contribution in [0, 0.1) is 0 Å². The van der Waals surface area contributed by atoms with Crippen LogP contribution in [0.25, 0.3) is 33.5 Å². The largest absolute Gasteiger partial charge is 0.497 e. The number of rotatable bonds is 2. The summed E-state index contributed by atoms with van der Waals surface area (Å²) in [4.78, 5) is 0.922. The summed E-state index contributed by atoms with van der Waals surface area (Å²) >= 11 is 1.62. The van der Waals surface area contributed by atoms with E-state index in [-0.39, 0.29) is 0 Å². The molecule has 29 heavy (non-hydrogen) atoms. The van der Waals surface area contributed by atoms with Crippen LogP contribution >= 0.6 is 11.3 Å². The summed E-state index contributed by atoms with van der Waals surface area (Å²) in [5.41, 5.74) is 7.89. The molecular formula is C23H23N2O3S+. The first-order valence-corrected chi connectivity index (χ1v) is 10.2. The fraction of sp³-hybridized carbons (Fsp3) is 0.174. The van der Waals surface area contributed by atoms with Crippen molar-refractivity contribution < 1.29 is 18.5 Å². The van der Waals surface area contributed by atoms with E-state index in [0.29, 0.717) is 0 Å². The smallest absolute Gasteiger partial charge is 0.271 e. The van der Waals surface area contributed by atoms with Gasteiger partial charge in [0.2, 0.25) is 0 Å². The molecule has 2 N–H and O–H groups in total. The number of ether oxygens (including phenoxy) is 2. The van der Waals surface area contributed by atoms with Gasteiger partial charge in [-0.15, -0.1) is 0 Å². The molecule has 1 aliphatic heterocycles. The van der Waals surface area contributed by atoms with Crippen LogP contribution in [0.15, 0.2) is 58.7 Å². The van der Waals surface area contributed by atoms with Crippen LogP contribution in [0.3, 0.4) is 0 Å². The molecule has 0 atom stereocenters. The quantitative estimate of drug-likeness (QED) is 0.481. The number of hydrogen-bond donors (Lipinski definition) is 1. The van der Waals surface area contributed by atoms with Gasteiger partial charge in [0.25, 0.3) is 15.4 Å². The minimum Gasteiger partial charge on any atom is -0.497 e. The first kappa shape index (κ1) is 19.2. The number of thiazole rings is 1. The molecule has 0 radical (unpaired) electrons. The molecule has 0 fully saturated rings. The molecule has 5 nitrogen and oxygen atoms in total. The fourth-order valence-corrected chi connectivity index (χ4v) is 4.27. The zero-order valence-electron chi connectivity index (χ0n) is 16.6. The topological polar surface area (TPSA) is 61.5 Å². The normalized spacial score (nSPS) is 13.9. The average molecular weight is 408 g/mol. The molecule has 0 unspecified atom stereocenters. The average Bonchev–Trinajstić information content (AvgIpc) is 3.24. The van der Waals surface area contributed by atoms with E-state index in [1.165, 1.54) is 0 Å². The van der Waals surface area contributed by atoms with Gasteiger partial charge in [0.1, 0.15) is 29.9 Å². The lowest BCUT2D eigenvalue weighted by molar-refractivity contribution is -0.641. The van der Waals surface area contributed by atoms with Gasteiger partial charge >= 0.3 is 0 Å². The molecular weight excluding hydrogens is 384 g/mol. The van der Waals surface area contributed by atoms with Gasteiger partial charge in [-0.05, 0) is 60.4 Å². The molecule has 3 heterocycles. The Labute approximate surface area is 173 Å². The highest BCUT2D eigenvalue weighted by Crippen LogP contribution is 2.34. The summed E-state index contributed by atoms with van der Waals surface area (Å²) in [6.07, 6.45) is 6.06. The Morgan fingerprint density at radius 1 is 1.17 bits per heavy atom. The maximum Gasteiger partial charge on any atom is 0.271 e. The number of allylic oxidation sites excluding steroid dienone is 1. The second kappa shape index (κ2) is 8.11. The monoisotopic (exact) mass is 407 g/mol. The van der Waals surface area contributed by atoms with Crippen molar-refractivity contribution in [2.45, 2.75) is 6.92 Å². The summed E-state index contributed by atoms with van der Waals surface area (Å²) in [7, 11) is 3.72. The maximum atomic E-state index is 6.03. The molecule has 1 aliphatic rings. The standard InChI is InChI=1S/C21H16NO3S.C2H7N/c1-22-19(26-21-20(22)16-5-3-4-6-18(16)25-21)12-15-8-7-13-11-14(23-2)9-10-17(13)24-15;1-2-3/h3-12H,1-2H3;2-3H2,1H3/q+1;/b15-12+;. The highest BCUT2D eigenvalue weighted by Gasteiger charge is 2.23. The third kappa shape index (κ3) is 3.64. The number of benzene rings is 2. The van der Waals surface area contributed by atoms with E-state index in [1.807, 2.05) is 61.5 Å². The van der Waals surface area contributed by atoms with Gasteiger partial charge < -0.3 is 19.6 Å². The molecule has 2 aromatic heterocycles. The Morgan fingerprint density at radius 3 is 2.76 bits per heavy atom. The molecule has 0 saturated carbocycles. The number of nitrogens with two attached hydrogens (primary N) is 1. The summed E-state index contributed by atoms with van der Waals surface area (Å²) in [5, 5.41) is 2.20. The van der Waals surface area contributed by atoms with Gasteiger partial charge in [-0.1, -0.05) is 19.1 Å². The number of hydrogen-bond acceptors (Lipinski definition) is 5.